The Balaban J connectivity index is 1.26. The van der Waals surface area contributed by atoms with Crippen molar-refractivity contribution in [2.75, 3.05) is 23.8 Å². The first-order valence-electron chi connectivity index (χ1n) is 14.3. The summed E-state index contributed by atoms with van der Waals surface area (Å²) in [5, 5.41) is 11.3. The molecule has 1 spiro atoms. The number of carbonyl (C=O) groups excluding carboxylic acids is 1. The lowest BCUT2D eigenvalue weighted by Crippen LogP contribution is -2.60. The van der Waals surface area contributed by atoms with Gasteiger partial charge in [-0.25, -0.2) is 4.79 Å². The number of carbonyl (C=O) groups is 1. The molecule has 5 rings (SSSR count). The first-order valence-corrected chi connectivity index (χ1v) is 16.6. The number of hydrogen-bond donors (Lipinski definition) is 0. The van der Waals surface area contributed by atoms with Crippen molar-refractivity contribution >= 4 is 62.7 Å². The van der Waals surface area contributed by atoms with E-state index in [4.69, 9.17) is 21.7 Å². The van der Waals surface area contributed by atoms with Crippen LogP contribution < -0.4 is 9.64 Å². The van der Waals surface area contributed by atoms with Gasteiger partial charge in [-0.15, -0.1) is 23.5 Å². The molecule has 224 valence electrons. The molecule has 2 aliphatic rings. The van der Waals surface area contributed by atoms with Crippen molar-refractivity contribution in [3.63, 3.8) is 0 Å². The Morgan fingerprint density at radius 2 is 1.86 bits per heavy atom. The molecule has 0 saturated carbocycles. The molecule has 0 amide bonds. The summed E-state index contributed by atoms with van der Waals surface area (Å²) in [4.78, 5) is 26.0. The highest BCUT2D eigenvalue weighted by atomic mass is 32.2. The van der Waals surface area contributed by atoms with E-state index in [9.17, 15) is 14.9 Å². The Bertz CT molecular complexity index is 1560. The van der Waals surface area contributed by atoms with E-state index in [0.717, 1.165) is 44.7 Å². The van der Waals surface area contributed by atoms with Crippen molar-refractivity contribution < 1.29 is 19.2 Å². The molecule has 0 saturated heterocycles. The number of nitro benzene ring substituents is 1. The number of rotatable bonds is 10. The second-order valence-corrected chi connectivity index (χ2v) is 14.3. The Hall–Kier alpha value is -3.34. The highest BCUT2D eigenvalue weighted by molar-refractivity contribution is 8.46. The van der Waals surface area contributed by atoms with Crippen LogP contribution in [-0.4, -0.2) is 39.1 Å². The van der Waals surface area contributed by atoms with Crippen molar-refractivity contribution in [1.82, 2.24) is 0 Å². The first kappa shape index (κ1) is 31.1. The van der Waals surface area contributed by atoms with Gasteiger partial charge in [0.05, 0.1) is 22.4 Å². The molecule has 0 N–H and O–H groups in total. The van der Waals surface area contributed by atoms with Crippen LogP contribution in [0.15, 0.2) is 72.8 Å². The topological polar surface area (TPSA) is 81.9 Å². The van der Waals surface area contributed by atoms with Gasteiger partial charge in [-0.2, -0.15) is 0 Å². The second kappa shape index (κ2) is 13.1. The maximum absolute atomic E-state index is 13.0. The third-order valence-electron chi connectivity index (χ3n) is 7.94. The van der Waals surface area contributed by atoms with Gasteiger partial charge in [-0.05, 0) is 73.6 Å². The number of unbranched alkanes of at least 4 members (excludes halogenated alkanes) is 1. The van der Waals surface area contributed by atoms with E-state index < -0.39 is 16.1 Å². The summed E-state index contributed by atoms with van der Waals surface area (Å²) < 4.78 is 13.4. The summed E-state index contributed by atoms with van der Waals surface area (Å²) in [6.45, 7) is 6.95. The zero-order chi connectivity index (χ0) is 30.6. The monoisotopic (exact) mass is 634 g/mol. The summed E-state index contributed by atoms with van der Waals surface area (Å²) in [5.74, 6) is 2.00. The molecule has 3 aromatic carbocycles. The van der Waals surface area contributed by atoms with Crippen molar-refractivity contribution in [2.45, 2.75) is 50.5 Å². The Morgan fingerprint density at radius 3 is 2.60 bits per heavy atom. The fourth-order valence-corrected chi connectivity index (χ4v) is 7.79. The molecular weight excluding hydrogens is 601 g/mol. The molecule has 0 fully saturated rings. The van der Waals surface area contributed by atoms with Crippen molar-refractivity contribution in [1.29, 1.82) is 0 Å². The number of fused-ring (bicyclic) bond motifs is 2. The lowest BCUT2D eigenvalue weighted by atomic mass is 9.76. The zero-order valence-corrected chi connectivity index (χ0v) is 26.9. The zero-order valence-electron chi connectivity index (χ0n) is 24.4. The van der Waals surface area contributed by atoms with E-state index in [1.165, 1.54) is 12.1 Å². The molecule has 0 radical (unpaired) electrons. The smallest absolute Gasteiger partial charge is 0.338 e. The lowest BCUT2D eigenvalue weighted by Gasteiger charge is -2.47. The Labute approximate surface area is 266 Å². The number of hydrogen-bond acceptors (Lipinski definition) is 9. The van der Waals surface area contributed by atoms with Crippen molar-refractivity contribution in [2.24, 2.45) is 0 Å². The average Bonchev–Trinajstić information content (AvgIpc) is 3.18. The highest BCUT2D eigenvalue weighted by Crippen LogP contribution is 2.54. The van der Waals surface area contributed by atoms with Crippen LogP contribution in [0.3, 0.4) is 0 Å². The van der Waals surface area contributed by atoms with Gasteiger partial charge < -0.3 is 14.4 Å². The van der Waals surface area contributed by atoms with Gasteiger partial charge in [0.2, 0.25) is 5.72 Å². The molecule has 10 heteroatoms. The fourth-order valence-electron chi connectivity index (χ4n) is 5.53. The van der Waals surface area contributed by atoms with Crippen LogP contribution in [0, 0.1) is 10.1 Å². The second-order valence-electron chi connectivity index (χ2n) is 11.0. The number of ether oxygens (including phenoxy) is 2. The maximum atomic E-state index is 13.0. The predicted molar refractivity (Wildman–Crippen MR) is 180 cm³/mol. The number of thiocarbonyl (C=S) groups is 1. The van der Waals surface area contributed by atoms with Crippen LogP contribution in [0.25, 0.3) is 6.08 Å². The maximum Gasteiger partial charge on any atom is 0.338 e. The van der Waals surface area contributed by atoms with Crippen LogP contribution in [0.4, 0.5) is 11.4 Å². The van der Waals surface area contributed by atoms with Crippen molar-refractivity contribution in [3.8, 4) is 5.75 Å². The van der Waals surface area contributed by atoms with E-state index in [1.807, 2.05) is 42.5 Å². The quantitative estimate of drug-likeness (QED) is 0.0718. The van der Waals surface area contributed by atoms with Gasteiger partial charge in [-0.3, -0.25) is 10.1 Å². The molecule has 2 heterocycles. The van der Waals surface area contributed by atoms with Gasteiger partial charge >= 0.3 is 5.97 Å². The van der Waals surface area contributed by atoms with Crippen LogP contribution in [-0.2, 0) is 15.9 Å². The third kappa shape index (κ3) is 6.32. The van der Waals surface area contributed by atoms with E-state index in [0.29, 0.717) is 23.4 Å². The third-order valence-corrected chi connectivity index (χ3v) is 10.8. The molecule has 1 unspecified atom stereocenters. The number of nitrogens with zero attached hydrogens (tertiary/aromatic N) is 2. The van der Waals surface area contributed by atoms with E-state index in [1.54, 1.807) is 41.7 Å². The summed E-state index contributed by atoms with van der Waals surface area (Å²) in [7, 11) is 0. The number of nitro groups is 1. The minimum absolute atomic E-state index is 0.0114. The summed E-state index contributed by atoms with van der Waals surface area (Å²) >= 11 is 8.83. The lowest BCUT2D eigenvalue weighted by molar-refractivity contribution is -0.384. The molecular formula is C33H34N2O5S3. The van der Waals surface area contributed by atoms with E-state index in [2.05, 4.69) is 31.7 Å². The van der Waals surface area contributed by atoms with Gasteiger partial charge in [0.1, 0.15) is 15.9 Å². The molecule has 0 aliphatic carbocycles. The first-order chi connectivity index (χ1) is 20.7. The summed E-state index contributed by atoms with van der Waals surface area (Å²) in [6.07, 6.45) is 6.17. The molecule has 0 aromatic heterocycles. The number of thioether (sulfide) groups is 2. The number of benzene rings is 3. The normalized spacial score (nSPS) is 17.7. The molecule has 0 bridgehead atoms. The molecule has 43 heavy (non-hydrogen) atoms. The summed E-state index contributed by atoms with van der Waals surface area (Å²) in [6, 6.07) is 20.2. The van der Waals surface area contributed by atoms with Gasteiger partial charge in [0.25, 0.3) is 5.69 Å². The molecule has 1 atom stereocenters. The van der Waals surface area contributed by atoms with Crippen molar-refractivity contribution in [3.05, 3.63) is 105 Å². The van der Waals surface area contributed by atoms with Gasteiger partial charge in [0.15, 0.2) is 0 Å². The van der Waals surface area contributed by atoms with Crippen LogP contribution in [0.1, 0.15) is 60.7 Å². The van der Waals surface area contributed by atoms with Gasteiger partial charge in [0, 0.05) is 29.1 Å². The van der Waals surface area contributed by atoms with E-state index >= 15 is 0 Å². The minimum Gasteiger partial charge on any atom is -0.463 e. The molecule has 2 aliphatic heterocycles. The number of anilines is 1. The molecule has 3 aromatic rings. The van der Waals surface area contributed by atoms with Crippen LogP contribution >= 0.6 is 35.7 Å². The average molecular weight is 635 g/mol. The van der Waals surface area contributed by atoms with E-state index in [-0.39, 0.29) is 18.3 Å². The summed E-state index contributed by atoms with van der Waals surface area (Å²) in [5.41, 5.74) is 2.96. The fraction of sp³-hybridized carbons (Fsp3) is 0.333. The standard InChI is InChI=1S/C33H34N2O5S3/c1-4-5-20-42-31(41)43-22-23-10-12-24(13-11-23)30(36)39-19-18-34-28-9-7-6-8-27(28)32(2,3)33(34)17-16-25-21-26(35(37)38)14-15-29(25)40-33/h6-17,21H,4-5,18-20,22H2,1-3H3. The SMILES string of the molecule is CCCCSC(=S)SCc1ccc(C(=O)OCCN2c3ccccc3C(C)(C)C23C=Cc2cc([N+](=O)[O-])ccc2O3)cc1. The number of non-ortho nitro benzene ring substituents is 1. The Morgan fingerprint density at radius 1 is 1.09 bits per heavy atom. The number of para-hydroxylation sites is 1. The van der Waals surface area contributed by atoms with Crippen LogP contribution in [0.2, 0.25) is 0 Å². The largest absolute Gasteiger partial charge is 0.463 e. The Kier molecular flexibility index (Phi) is 9.48. The minimum atomic E-state index is -0.916. The predicted octanol–water partition coefficient (Wildman–Crippen LogP) is 8.40. The number of esters is 1. The van der Waals surface area contributed by atoms with Gasteiger partial charge in [-0.1, -0.05) is 55.9 Å². The highest BCUT2D eigenvalue weighted by Gasteiger charge is 2.58. The molecule has 7 nitrogen and oxygen atoms in total. The van der Waals surface area contributed by atoms with Crippen LogP contribution in [0.5, 0.6) is 5.75 Å².